The van der Waals surface area contributed by atoms with Crippen LogP contribution in [0.15, 0.2) is 36.7 Å². The standard InChI is InChI=1S/C12H11ClN2O2/c1-17-12(16)5-9-7-14-15(8-9)11-4-2-3-10(13)6-11/h2-4,6-8H,5H2,1H3. The molecule has 0 aliphatic heterocycles. The molecule has 2 rings (SSSR count). The van der Waals surface area contributed by atoms with Crippen LogP contribution in [0.25, 0.3) is 5.69 Å². The number of methoxy groups -OCH3 is 1. The molecule has 1 aromatic heterocycles. The summed E-state index contributed by atoms with van der Waals surface area (Å²) in [7, 11) is 1.36. The summed E-state index contributed by atoms with van der Waals surface area (Å²) in [5, 5.41) is 4.81. The first kappa shape index (κ1) is 11.7. The summed E-state index contributed by atoms with van der Waals surface area (Å²) in [6, 6.07) is 7.33. The van der Waals surface area contributed by atoms with Crippen LogP contribution in [0, 0.1) is 0 Å². The molecule has 0 saturated carbocycles. The lowest BCUT2D eigenvalue weighted by molar-refractivity contribution is -0.139. The highest BCUT2D eigenvalue weighted by Crippen LogP contribution is 2.14. The summed E-state index contributed by atoms with van der Waals surface area (Å²) in [6.45, 7) is 0. The number of ether oxygens (including phenoxy) is 1. The van der Waals surface area contributed by atoms with Gasteiger partial charge in [-0.25, -0.2) is 4.68 Å². The Bertz CT molecular complexity index is 537. The first-order valence-corrected chi connectivity index (χ1v) is 5.43. The molecular weight excluding hydrogens is 240 g/mol. The smallest absolute Gasteiger partial charge is 0.310 e. The van der Waals surface area contributed by atoms with Crippen molar-refractivity contribution in [1.29, 1.82) is 0 Å². The second-order valence-corrected chi connectivity index (χ2v) is 3.96. The predicted molar refractivity (Wildman–Crippen MR) is 64.3 cm³/mol. The first-order chi connectivity index (χ1) is 8.19. The number of aromatic nitrogens is 2. The van der Waals surface area contributed by atoms with E-state index in [0.29, 0.717) is 5.02 Å². The molecule has 17 heavy (non-hydrogen) atoms. The topological polar surface area (TPSA) is 44.1 Å². The predicted octanol–water partition coefficient (Wildman–Crippen LogP) is 2.24. The summed E-state index contributed by atoms with van der Waals surface area (Å²) in [6.07, 6.45) is 3.64. The minimum Gasteiger partial charge on any atom is -0.469 e. The minimum absolute atomic E-state index is 0.219. The van der Waals surface area contributed by atoms with Crippen molar-refractivity contribution in [2.24, 2.45) is 0 Å². The van der Waals surface area contributed by atoms with E-state index in [4.69, 9.17) is 11.6 Å². The number of esters is 1. The van der Waals surface area contributed by atoms with E-state index < -0.39 is 0 Å². The number of carbonyl (C=O) groups is 1. The molecule has 0 radical (unpaired) electrons. The summed E-state index contributed by atoms with van der Waals surface area (Å²) in [4.78, 5) is 11.1. The van der Waals surface area contributed by atoms with Crippen molar-refractivity contribution in [3.63, 3.8) is 0 Å². The molecule has 0 saturated heterocycles. The number of carbonyl (C=O) groups excluding carboxylic acids is 1. The number of hydrogen-bond acceptors (Lipinski definition) is 3. The van der Waals surface area contributed by atoms with Gasteiger partial charge in [0.2, 0.25) is 0 Å². The Kier molecular flexibility index (Phi) is 3.44. The first-order valence-electron chi connectivity index (χ1n) is 5.05. The van der Waals surface area contributed by atoms with Crippen LogP contribution in [0.3, 0.4) is 0 Å². The van der Waals surface area contributed by atoms with Crippen LogP contribution in [-0.2, 0) is 16.0 Å². The van der Waals surface area contributed by atoms with Crippen LogP contribution in [0.4, 0.5) is 0 Å². The molecule has 88 valence electrons. The number of rotatable bonds is 3. The maximum absolute atomic E-state index is 11.1. The Morgan fingerprint density at radius 1 is 1.53 bits per heavy atom. The molecule has 0 aliphatic carbocycles. The Morgan fingerprint density at radius 3 is 3.06 bits per heavy atom. The number of halogens is 1. The normalized spacial score (nSPS) is 10.2. The highest BCUT2D eigenvalue weighted by atomic mass is 35.5. The van der Waals surface area contributed by atoms with Gasteiger partial charge >= 0.3 is 5.97 Å². The van der Waals surface area contributed by atoms with Gasteiger partial charge in [-0.05, 0) is 18.2 Å². The maximum atomic E-state index is 11.1. The number of benzene rings is 1. The zero-order valence-electron chi connectivity index (χ0n) is 9.26. The summed E-state index contributed by atoms with van der Waals surface area (Å²) in [5.41, 5.74) is 1.66. The fourth-order valence-electron chi connectivity index (χ4n) is 1.45. The van der Waals surface area contributed by atoms with Crippen molar-refractivity contribution < 1.29 is 9.53 Å². The summed E-state index contributed by atoms with van der Waals surface area (Å²) < 4.78 is 6.26. The lowest BCUT2D eigenvalue weighted by Crippen LogP contribution is -2.03. The van der Waals surface area contributed by atoms with Gasteiger partial charge in [0.1, 0.15) is 0 Å². The largest absolute Gasteiger partial charge is 0.469 e. The molecule has 0 fully saturated rings. The molecule has 0 amide bonds. The van der Waals surface area contributed by atoms with Crippen molar-refractivity contribution >= 4 is 17.6 Å². The van der Waals surface area contributed by atoms with E-state index >= 15 is 0 Å². The average molecular weight is 251 g/mol. The lowest BCUT2D eigenvalue weighted by Gasteiger charge is -2.00. The Balaban J connectivity index is 2.21. The van der Waals surface area contributed by atoms with Gasteiger partial charge in [-0.3, -0.25) is 4.79 Å². The molecule has 0 aliphatic rings. The SMILES string of the molecule is COC(=O)Cc1cnn(-c2cccc(Cl)c2)c1. The molecule has 0 atom stereocenters. The van der Waals surface area contributed by atoms with Crippen molar-refractivity contribution in [3.8, 4) is 5.69 Å². The maximum Gasteiger partial charge on any atom is 0.310 e. The second kappa shape index (κ2) is 5.01. The van der Waals surface area contributed by atoms with Gasteiger partial charge in [0.15, 0.2) is 0 Å². The Morgan fingerprint density at radius 2 is 2.35 bits per heavy atom. The molecule has 0 N–H and O–H groups in total. The van der Waals surface area contributed by atoms with E-state index in [1.165, 1.54) is 7.11 Å². The van der Waals surface area contributed by atoms with Crippen molar-refractivity contribution in [2.75, 3.05) is 7.11 Å². The number of nitrogens with zero attached hydrogens (tertiary/aromatic N) is 2. The monoisotopic (exact) mass is 250 g/mol. The second-order valence-electron chi connectivity index (χ2n) is 3.53. The van der Waals surface area contributed by atoms with Crippen LogP contribution in [0.1, 0.15) is 5.56 Å². The van der Waals surface area contributed by atoms with E-state index in [1.54, 1.807) is 29.2 Å². The molecule has 5 heteroatoms. The average Bonchev–Trinajstić information content (AvgIpc) is 2.77. The van der Waals surface area contributed by atoms with Gasteiger partial charge in [-0.2, -0.15) is 5.10 Å². The lowest BCUT2D eigenvalue weighted by atomic mass is 10.2. The van der Waals surface area contributed by atoms with E-state index in [0.717, 1.165) is 11.3 Å². The number of hydrogen-bond donors (Lipinski definition) is 0. The van der Waals surface area contributed by atoms with Crippen molar-refractivity contribution in [2.45, 2.75) is 6.42 Å². The molecule has 4 nitrogen and oxygen atoms in total. The third-order valence-electron chi connectivity index (χ3n) is 2.28. The third-order valence-corrected chi connectivity index (χ3v) is 2.52. The van der Waals surface area contributed by atoms with E-state index in [2.05, 4.69) is 9.84 Å². The van der Waals surface area contributed by atoms with E-state index in [9.17, 15) is 4.79 Å². The summed E-state index contributed by atoms with van der Waals surface area (Å²) in [5.74, 6) is -0.282. The molecule has 0 spiro atoms. The zero-order valence-corrected chi connectivity index (χ0v) is 10.0. The van der Waals surface area contributed by atoms with Gasteiger partial charge in [0, 0.05) is 16.8 Å². The Hall–Kier alpha value is -1.81. The zero-order chi connectivity index (χ0) is 12.3. The van der Waals surface area contributed by atoms with E-state index in [-0.39, 0.29) is 12.4 Å². The van der Waals surface area contributed by atoms with Gasteiger partial charge in [0.05, 0.1) is 25.4 Å². The van der Waals surface area contributed by atoms with Crippen LogP contribution >= 0.6 is 11.6 Å². The molecule has 2 aromatic rings. The van der Waals surface area contributed by atoms with Gasteiger partial charge < -0.3 is 4.74 Å². The van der Waals surface area contributed by atoms with Crippen LogP contribution < -0.4 is 0 Å². The molecule has 0 unspecified atom stereocenters. The quantitative estimate of drug-likeness (QED) is 0.785. The molecular formula is C12H11ClN2O2. The van der Waals surface area contributed by atoms with E-state index in [1.807, 2.05) is 12.1 Å². The highest BCUT2D eigenvalue weighted by Gasteiger charge is 2.06. The minimum atomic E-state index is -0.282. The molecule has 1 heterocycles. The third kappa shape index (κ3) is 2.85. The molecule has 0 bridgehead atoms. The van der Waals surface area contributed by atoms with Gasteiger partial charge in [-0.1, -0.05) is 17.7 Å². The fourth-order valence-corrected chi connectivity index (χ4v) is 1.63. The van der Waals surface area contributed by atoms with Crippen LogP contribution in [0.2, 0.25) is 5.02 Å². The van der Waals surface area contributed by atoms with Gasteiger partial charge in [0.25, 0.3) is 0 Å². The van der Waals surface area contributed by atoms with Crippen LogP contribution in [-0.4, -0.2) is 22.9 Å². The summed E-state index contributed by atoms with van der Waals surface area (Å²) >= 11 is 5.89. The van der Waals surface area contributed by atoms with Crippen LogP contribution in [0.5, 0.6) is 0 Å². The fraction of sp³-hybridized carbons (Fsp3) is 0.167. The molecule has 1 aromatic carbocycles. The van der Waals surface area contributed by atoms with Crippen molar-refractivity contribution in [1.82, 2.24) is 9.78 Å². The highest BCUT2D eigenvalue weighted by molar-refractivity contribution is 6.30. The van der Waals surface area contributed by atoms with Crippen molar-refractivity contribution in [3.05, 3.63) is 47.2 Å². The van der Waals surface area contributed by atoms with Gasteiger partial charge in [-0.15, -0.1) is 0 Å². The Labute approximate surface area is 104 Å².